The lowest BCUT2D eigenvalue weighted by atomic mass is 9.92. The lowest BCUT2D eigenvalue weighted by molar-refractivity contribution is -0.136. The fourth-order valence-corrected chi connectivity index (χ4v) is 5.61. The highest BCUT2D eigenvalue weighted by Gasteiger charge is 2.50. The Balaban J connectivity index is 1.21. The van der Waals surface area contributed by atoms with E-state index in [4.69, 9.17) is 9.47 Å². The number of carbonyl (C=O) groups excluding carboxylic acids is 1. The van der Waals surface area contributed by atoms with E-state index >= 15 is 0 Å². The van der Waals surface area contributed by atoms with Gasteiger partial charge in [-0.15, -0.1) is 11.8 Å². The van der Waals surface area contributed by atoms with E-state index in [2.05, 4.69) is 0 Å². The molecule has 0 aromatic heterocycles. The normalized spacial score (nSPS) is 25.4. The van der Waals surface area contributed by atoms with Crippen LogP contribution in [0.25, 0.3) is 0 Å². The molecule has 0 saturated carbocycles. The first-order chi connectivity index (χ1) is 12.6. The quantitative estimate of drug-likeness (QED) is 0.789. The van der Waals surface area contributed by atoms with Crippen molar-refractivity contribution in [2.24, 2.45) is 5.92 Å². The summed E-state index contributed by atoms with van der Waals surface area (Å²) >= 11 is 1.94. The average Bonchev–Trinajstić information content (AvgIpc) is 3.06. The molecule has 0 radical (unpaired) electrons. The summed E-state index contributed by atoms with van der Waals surface area (Å²) in [7, 11) is 0. The summed E-state index contributed by atoms with van der Waals surface area (Å²) < 4.78 is 25.4. The molecule has 1 aromatic carbocycles. The summed E-state index contributed by atoms with van der Waals surface area (Å²) in [5.74, 6) is 1.37. The number of carbonyl (C=O) groups is 1. The molecule has 0 aliphatic carbocycles. The van der Waals surface area contributed by atoms with Gasteiger partial charge < -0.3 is 14.4 Å². The maximum Gasteiger partial charge on any atom is 0.227 e. The Morgan fingerprint density at radius 1 is 1.31 bits per heavy atom. The summed E-state index contributed by atoms with van der Waals surface area (Å²) in [6.07, 6.45) is 3.67. The Morgan fingerprint density at radius 2 is 2.08 bits per heavy atom. The fraction of sp³-hybridized carbons (Fsp3) is 0.650. The zero-order valence-corrected chi connectivity index (χ0v) is 15.8. The number of benzene rings is 1. The second-order valence-electron chi connectivity index (χ2n) is 7.73. The Kier molecular flexibility index (Phi) is 5.53. The first kappa shape index (κ1) is 18.3. The van der Waals surface area contributed by atoms with Gasteiger partial charge in [-0.05, 0) is 36.8 Å². The standard InChI is InChI=1S/C20H26FNO3S/c21-18-4-2-1-3-16(18)9-19(23)22-13-20(14-22)10-17(12-26-20)25-11-15-5-7-24-8-6-15/h1-4,15,17H,5-14H2. The van der Waals surface area contributed by atoms with Crippen molar-refractivity contribution in [1.29, 1.82) is 0 Å². The predicted octanol–water partition coefficient (Wildman–Crippen LogP) is 2.90. The molecule has 6 heteroatoms. The van der Waals surface area contributed by atoms with Gasteiger partial charge in [0.05, 0.1) is 17.3 Å². The average molecular weight is 379 g/mol. The topological polar surface area (TPSA) is 38.8 Å². The fourth-order valence-electron chi connectivity index (χ4n) is 4.06. The van der Waals surface area contributed by atoms with Gasteiger partial charge in [0.1, 0.15) is 5.82 Å². The molecule has 3 fully saturated rings. The third-order valence-electron chi connectivity index (χ3n) is 5.69. The van der Waals surface area contributed by atoms with Crippen LogP contribution in [0.5, 0.6) is 0 Å². The largest absolute Gasteiger partial charge is 0.381 e. The van der Waals surface area contributed by atoms with Crippen LogP contribution in [0.3, 0.4) is 0 Å². The molecule has 0 N–H and O–H groups in total. The van der Waals surface area contributed by atoms with Crippen molar-refractivity contribution in [3.8, 4) is 0 Å². The molecule has 1 aromatic rings. The Labute approximate surface area is 158 Å². The monoisotopic (exact) mass is 379 g/mol. The van der Waals surface area contributed by atoms with Gasteiger partial charge in [0.15, 0.2) is 0 Å². The van der Waals surface area contributed by atoms with Crippen molar-refractivity contribution in [2.45, 2.75) is 36.5 Å². The number of nitrogens with zero attached hydrogens (tertiary/aromatic N) is 1. The lowest BCUT2D eigenvalue weighted by Crippen LogP contribution is -2.61. The minimum atomic E-state index is -0.298. The second-order valence-corrected chi connectivity index (χ2v) is 9.22. The maximum absolute atomic E-state index is 13.7. The van der Waals surface area contributed by atoms with Crippen molar-refractivity contribution < 1.29 is 18.7 Å². The Morgan fingerprint density at radius 3 is 2.85 bits per heavy atom. The molecule has 1 spiro atoms. The lowest BCUT2D eigenvalue weighted by Gasteiger charge is -2.47. The molecule has 26 heavy (non-hydrogen) atoms. The number of amides is 1. The summed E-state index contributed by atoms with van der Waals surface area (Å²) in [5, 5.41) is 0. The number of hydrogen-bond donors (Lipinski definition) is 0. The van der Waals surface area contributed by atoms with E-state index in [9.17, 15) is 9.18 Å². The van der Waals surface area contributed by atoms with Gasteiger partial charge in [0.25, 0.3) is 0 Å². The first-order valence-corrected chi connectivity index (χ1v) is 10.5. The van der Waals surface area contributed by atoms with Crippen LogP contribution in [-0.2, 0) is 20.7 Å². The van der Waals surface area contributed by atoms with Crippen LogP contribution in [0, 0.1) is 11.7 Å². The van der Waals surface area contributed by atoms with Gasteiger partial charge in [-0.1, -0.05) is 18.2 Å². The number of ether oxygens (including phenoxy) is 2. The summed E-state index contributed by atoms with van der Waals surface area (Å²) in [5.41, 5.74) is 0.482. The number of likely N-dealkylation sites (tertiary alicyclic amines) is 1. The number of rotatable bonds is 5. The minimum Gasteiger partial charge on any atom is -0.381 e. The van der Waals surface area contributed by atoms with E-state index in [-0.39, 0.29) is 22.9 Å². The van der Waals surface area contributed by atoms with Crippen LogP contribution in [0.2, 0.25) is 0 Å². The van der Waals surface area contributed by atoms with Gasteiger partial charge in [-0.25, -0.2) is 4.39 Å². The van der Waals surface area contributed by atoms with E-state index in [1.54, 1.807) is 18.2 Å². The van der Waals surface area contributed by atoms with Crippen LogP contribution in [0.4, 0.5) is 4.39 Å². The van der Waals surface area contributed by atoms with Crippen LogP contribution in [0.15, 0.2) is 24.3 Å². The molecule has 1 atom stereocenters. The molecule has 4 rings (SSSR count). The molecule has 1 unspecified atom stereocenters. The van der Waals surface area contributed by atoms with E-state index in [1.807, 2.05) is 16.7 Å². The molecule has 3 saturated heterocycles. The van der Waals surface area contributed by atoms with E-state index in [1.165, 1.54) is 6.07 Å². The second kappa shape index (κ2) is 7.87. The third kappa shape index (κ3) is 4.07. The zero-order valence-electron chi connectivity index (χ0n) is 15.0. The highest BCUT2D eigenvalue weighted by Crippen LogP contribution is 2.46. The van der Waals surface area contributed by atoms with Crippen LogP contribution in [-0.4, -0.2) is 60.3 Å². The number of thioether (sulfide) groups is 1. The zero-order chi connectivity index (χ0) is 18.0. The predicted molar refractivity (Wildman–Crippen MR) is 99.8 cm³/mol. The summed E-state index contributed by atoms with van der Waals surface area (Å²) in [6, 6.07) is 6.52. The van der Waals surface area contributed by atoms with Crippen molar-refractivity contribution in [3.63, 3.8) is 0 Å². The maximum atomic E-state index is 13.7. The molecule has 3 aliphatic heterocycles. The van der Waals surface area contributed by atoms with Crippen LogP contribution >= 0.6 is 11.8 Å². The van der Waals surface area contributed by atoms with E-state index < -0.39 is 0 Å². The molecule has 1 amide bonds. The number of hydrogen-bond acceptors (Lipinski definition) is 4. The van der Waals surface area contributed by atoms with Gasteiger partial charge in [0.2, 0.25) is 5.91 Å². The number of halogens is 1. The smallest absolute Gasteiger partial charge is 0.227 e. The van der Waals surface area contributed by atoms with Gasteiger partial charge >= 0.3 is 0 Å². The molecular formula is C20H26FNO3S. The van der Waals surface area contributed by atoms with Crippen LogP contribution in [0.1, 0.15) is 24.8 Å². The third-order valence-corrected chi connectivity index (χ3v) is 7.27. The van der Waals surface area contributed by atoms with Crippen LogP contribution < -0.4 is 0 Å². The molecule has 3 aliphatic rings. The molecule has 3 heterocycles. The van der Waals surface area contributed by atoms with Crippen molar-refractivity contribution in [3.05, 3.63) is 35.6 Å². The van der Waals surface area contributed by atoms with Gasteiger partial charge in [0, 0.05) is 38.7 Å². The van der Waals surface area contributed by atoms with Gasteiger partial charge in [-0.2, -0.15) is 0 Å². The van der Waals surface area contributed by atoms with Crippen molar-refractivity contribution >= 4 is 17.7 Å². The van der Waals surface area contributed by atoms with Crippen molar-refractivity contribution in [1.82, 2.24) is 4.90 Å². The highest BCUT2D eigenvalue weighted by molar-refractivity contribution is 8.01. The molecule has 142 valence electrons. The molecule has 0 bridgehead atoms. The Bertz CT molecular complexity index is 644. The molecule has 4 nitrogen and oxygen atoms in total. The van der Waals surface area contributed by atoms with Crippen molar-refractivity contribution in [2.75, 3.05) is 38.7 Å². The Hall–Kier alpha value is -1.11. The van der Waals surface area contributed by atoms with Gasteiger partial charge in [-0.3, -0.25) is 4.79 Å². The van der Waals surface area contributed by atoms with E-state index in [0.29, 0.717) is 17.6 Å². The first-order valence-electron chi connectivity index (χ1n) is 9.48. The minimum absolute atomic E-state index is 0.0212. The summed E-state index contributed by atoms with van der Waals surface area (Å²) in [6.45, 7) is 4.08. The highest BCUT2D eigenvalue weighted by atomic mass is 32.2. The van der Waals surface area contributed by atoms with E-state index in [0.717, 1.165) is 57.9 Å². The SMILES string of the molecule is O=C(Cc1ccccc1F)N1CC2(CC(OCC3CCOCC3)CS2)C1. The molecular weight excluding hydrogens is 353 g/mol. The summed E-state index contributed by atoms with van der Waals surface area (Å²) in [4.78, 5) is 14.3.